The number of nitrogens with one attached hydrogen (secondary N) is 1. The maximum atomic E-state index is 12.0. The first-order valence-corrected chi connectivity index (χ1v) is 6.52. The lowest BCUT2D eigenvalue weighted by molar-refractivity contribution is -0.122. The number of rotatable bonds is 3. The number of methoxy groups -OCH3 is 1. The van der Waals surface area contributed by atoms with E-state index in [-0.39, 0.29) is 11.8 Å². The zero-order valence-corrected chi connectivity index (χ0v) is 10.8. The fourth-order valence-corrected chi connectivity index (χ4v) is 2.25. The maximum Gasteiger partial charge on any atom is 0.227 e. The smallest absolute Gasteiger partial charge is 0.227 e. The van der Waals surface area contributed by atoms with E-state index in [9.17, 15) is 4.79 Å². The zero-order valence-electron chi connectivity index (χ0n) is 10.8. The van der Waals surface area contributed by atoms with Crippen LogP contribution in [0.5, 0.6) is 5.88 Å². The lowest BCUT2D eigenvalue weighted by atomic mass is 9.85. The molecule has 98 valence electrons. The number of hydrogen-bond acceptors (Lipinski definition) is 3. The number of hydrogen-bond donors (Lipinski definition) is 1. The standard InChI is InChI=1S/C15H16N2O2/c1-19-13-9-8-10-4-3-7-12(14(10)17-13)16-15(18)11-5-2-6-11/h3-4,7-9,11H,2,5-6H2,1H3,(H,16,18). The van der Waals surface area contributed by atoms with E-state index >= 15 is 0 Å². The fraction of sp³-hybridized carbons (Fsp3) is 0.333. The third-order valence-corrected chi connectivity index (χ3v) is 3.64. The van der Waals surface area contributed by atoms with Gasteiger partial charge in [0.2, 0.25) is 11.8 Å². The summed E-state index contributed by atoms with van der Waals surface area (Å²) in [4.78, 5) is 16.4. The van der Waals surface area contributed by atoms with E-state index in [0.29, 0.717) is 5.88 Å². The van der Waals surface area contributed by atoms with Crippen LogP contribution in [0.4, 0.5) is 5.69 Å². The van der Waals surface area contributed by atoms with Crippen molar-refractivity contribution in [1.82, 2.24) is 4.98 Å². The molecule has 3 rings (SSSR count). The molecule has 1 N–H and O–H groups in total. The number of pyridine rings is 1. The second-order valence-corrected chi connectivity index (χ2v) is 4.85. The zero-order chi connectivity index (χ0) is 13.2. The molecular weight excluding hydrogens is 240 g/mol. The molecule has 0 atom stereocenters. The van der Waals surface area contributed by atoms with Crippen LogP contribution in [0.25, 0.3) is 10.9 Å². The second-order valence-electron chi connectivity index (χ2n) is 4.85. The van der Waals surface area contributed by atoms with Crippen LogP contribution >= 0.6 is 0 Å². The summed E-state index contributed by atoms with van der Waals surface area (Å²) < 4.78 is 5.14. The molecule has 0 unspecified atom stereocenters. The largest absolute Gasteiger partial charge is 0.481 e. The molecule has 0 spiro atoms. The second kappa shape index (κ2) is 4.88. The van der Waals surface area contributed by atoms with E-state index in [1.165, 1.54) is 0 Å². The molecule has 1 amide bonds. The first-order chi connectivity index (χ1) is 9.28. The molecule has 1 aliphatic carbocycles. The van der Waals surface area contributed by atoms with E-state index in [1.54, 1.807) is 7.11 Å². The Labute approximate surface area is 111 Å². The van der Waals surface area contributed by atoms with Gasteiger partial charge in [-0.2, -0.15) is 0 Å². The predicted molar refractivity (Wildman–Crippen MR) is 74.3 cm³/mol. The summed E-state index contributed by atoms with van der Waals surface area (Å²) in [5.41, 5.74) is 1.53. The number of benzene rings is 1. The summed E-state index contributed by atoms with van der Waals surface area (Å²) in [6, 6.07) is 9.54. The third-order valence-electron chi connectivity index (χ3n) is 3.64. The van der Waals surface area contributed by atoms with Gasteiger partial charge in [-0.3, -0.25) is 4.79 Å². The summed E-state index contributed by atoms with van der Waals surface area (Å²) in [7, 11) is 1.59. The molecule has 1 aromatic carbocycles. The Balaban J connectivity index is 1.95. The van der Waals surface area contributed by atoms with Gasteiger partial charge in [-0.1, -0.05) is 18.6 Å². The van der Waals surface area contributed by atoms with Gasteiger partial charge in [0.25, 0.3) is 0 Å². The number of nitrogens with zero attached hydrogens (tertiary/aromatic N) is 1. The Hall–Kier alpha value is -2.10. The highest BCUT2D eigenvalue weighted by Gasteiger charge is 2.25. The Kier molecular flexibility index (Phi) is 3.07. The molecule has 2 aromatic rings. The molecule has 19 heavy (non-hydrogen) atoms. The van der Waals surface area contributed by atoms with Gasteiger partial charge in [-0.15, -0.1) is 0 Å². The van der Waals surface area contributed by atoms with Gasteiger partial charge in [-0.05, 0) is 25.0 Å². The van der Waals surface area contributed by atoms with Crippen LogP contribution in [0.1, 0.15) is 19.3 Å². The Morgan fingerprint density at radius 3 is 2.84 bits per heavy atom. The van der Waals surface area contributed by atoms with E-state index < -0.39 is 0 Å². The molecule has 4 heteroatoms. The van der Waals surface area contributed by atoms with Crippen molar-refractivity contribution in [2.75, 3.05) is 12.4 Å². The van der Waals surface area contributed by atoms with Crippen LogP contribution in [0, 0.1) is 5.92 Å². The molecule has 0 bridgehead atoms. The van der Waals surface area contributed by atoms with Gasteiger partial charge in [0.1, 0.15) is 0 Å². The quantitative estimate of drug-likeness (QED) is 0.918. The first-order valence-electron chi connectivity index (χ1n) is 6.52. The minimum Gasteiger partial charge on any atom is -0.481 e. The average Bonchev–Trinajstić information content (AvgIpc) is 2.36. The summed E-state index contributed by atoms with van der Waals surface area (Å²) >= 11 is 0. The molecule has 1 aromatic heterocycles. The number of fused-ring (bicyclic) bond motifs is 1. The lowest BCUT2D eigenvalue weighted by Crippen LogP contribution is -2.28. The Morgan fingerprint density at radius 2 is 2.16 bits per heavy atom. The lowest BCUT2D eigenvalue weighted by Gasteiger charge is -2.24. The van der Waals surface area contributed by atoms with E-state index in [0.717, 1.165) is 35.9 Å². The monoisotopic (exact) mass is 256 g/mol. The molecular formula is C15H16N2O2. The Morgan fingerprint density at radius 1 is 1.32 bits per heavy atom. The molecule has 0 radical (unpaired) electrons. The van der Waals surface area contributed by atoms with Crippen LogP contribution in [0.3, 0.4) is 0 Å². The van der Waals surface area contributed by atoms with Crippen molar-refractivity contribution in [3.63, 3.8) is 0 Å². The summed E-state index contributed by atoms with van der Waals surface area (Å²) in [6.07, 6.45) is 3.14. The van der Waals surface area contributed by atoms with Gasteiger partial charge >= 0.3 is 0 Å². The van der Waals surface area contributed by atoms with Crippen molar-refractivity contribution in [1.29, 1.82) is 0 Å². The highest BCUT2D eigenvalue weighted by molar-refractivity contribution is 6.01. The fourth-order valence-electron chi connectivity index (χ4n) is 2.25. The SMILES string of the molecule is COc1ccc2cccc(NC(=O)C3CCC3)c2n1. The molecule has 1 heterocycles. The van der Waals surface area contributed by atoms with Gasteiger partial charge in [0.15, 0.2) is 0 Å². The van der Waals surface area contributed by atoms with Crippen LogP contribution in [-0.2, 0) is 4.79 Å². The molecule has 4 nitrogen and oxygen atoms in total. The maximum absolute atomic E-state index is 12.0. The molecule has 0 aliphatic heterocycles. The van der Waals surface area contributed by atoms with Gasteiger partial charge in [0, 0.05) is 17.4 Å². The van der Waals surface area contributed by atoms with Crippen LogP contribution in [-0.4, -0.2) is 18.0 Å². The Bertz CT molecular complexity index is 621. The van der Waals surface area contributed by atoms with Gasteiger partial charge in [-0.25, -0.2) is 4.98 Å². The number of ether oxygens (including phenoxy) is 1. The van der Waals surface area contributed by atoms with Gasteiger partial charge in [0.05, 0.1) is 18.3 Å². The molecule has 0 saturated heterocycles. The third kappa shape index (κ3) is 2.26. The molecule has 1 aliphatic rings. The van der Waals surface area contributed by atoms with Crippen LogP contribution in [0.2, 0.25) is 0 Å². The van der Waals surface area contributed by atoms with Crippen molar-refractivity contribution in [3.05, 3.63) is 30.3 Å². The van der Waals surface area contributed by atoms with E-state index in [4.69, 9.17) is 4.74 Å². The summed E-state index contributed by atoms with van der Waals surface area (Å²) in [5, 5.41) is 3.97. The number of anilines is 1. The first kappa shape index (κ1) is 12.0. The van der Waals surface area contributed by atoms with Crippen LogP contribution < -0.4 is 10.1 Å². The minimum absolute atomic E-state index is 0.100. The summed E-state index contributed by atoms with van der Waals surface area (Å²) in [5.74, 6) is 0.821. The van der Waals surface area contributed by atoms with Crippen molar-refractivity contribution in [2.24, 2.45) is 5.92 Å². The average molecular weight is 256 g/mol. The predicted octanol–water partition coefficient (Wildman–Crippen LogP) is 2.98. The number of aromatic nitrogens is 1. The topological polar surface area (TPSA) is 51.2 Å². The van der Waals surface area contributed by atoms with Crippen LogP contribution in [0.15, 0.2) is 30.3 Å². The number of amides is 1. The van der Waals surface area contributed by atoms with Crippen molar-refractivity contribution < 1.29 is 9.53 Å². The molecule has 1 fully saturated rings. The number of carbonyl (C=O) groups excluding carboxylic acids is 1. The highest BCUT2D eigenvalue weighted by Crippen LogP contribution is 2.29. The van der Waals surface area contributed by atoms with E-state index in [1.807, 2.05) is 30.3 Å². The van der Waals surface area contributed by atoms with Crippen molar-refractivity contribution >= 4 is 22.5 Å². The highest BCUT2D eigenvalue weighted by atomic mass is 16.5. The van der Waals surface area contributed by atoms with Crippen molar-refractivity contribution in [2.45, 2.75) is 19.3 Å². The van der Waals surface area contributed by atoms with E-state index in [2.05, 4.69) is 10.3 Å². The molecule has 1 saturated carbocycles. The minimum atomic E-state index is 0.100. The van der Waals surface area contributed by atoms with Gasteiger partial charge < -0.3 is 10.1 Å². The summed E-state index contributed by atoms with van der Waals surface area (Å²) in [6.45, 7) is 0. The number of para-hydroxylation sites is 1. The van der Waals surface area contributed by atoms with Crippen molar-refractivity contribution in [3.8, 4) is 5.88 Å². The normalized spacial score (nSPS) is 15.0. The number of carbonyl (C=O) groups is 1.